The summed E-state index contributed by atoms with van der Waals surface area (Å²) in [7, 11) is 0. The van der Waals surface area contributed by atoms with E-state index in [1.54, 1.807) is 0 Å². The minimum Gasteiger partial charge on any atom is -0.310 e. The Kier molecular flexibility index (Phi) is 4.67. The van der Waals surface area contributed by atoms with E-state index in [4.69, 9.17) is 0 Å². The van der Waals surface area contributed by atoms with Gasteiger partial charge in [0, 0.05) is 0 Å². The predicted molar refractivity (Wildman–Crippen MR) is 86.8 cm³/mol. The maximum absolute atomic E-state index is 11.9. The Bertz CT molecular complexity index is 642. The SMILES string of the molecule is CCN1CCC(CNCc2nc3ccsc3c(=O)[nH]2)CC1. The van der Waals surface area contributed by atoms with E-state index < -0.39 is 0 Å². The quantitative estimate of drug-likeness (QED) is 0.884. The van der Waals surface area contributed by atoms with Crippen LogP contribution >= 0.6 is 11.3 Å². The number of hydrogen-bond donors (Lipinski definition) is 2. The van der Waals surface area contributed by atoms with Crippen molar-refractivity contribution < 1.29 is 0 Å². The summed E-state index contributed by atoms with van der Waals surface area (Å²) in [6.07, 6.45) is 2.52. The monoisotopic (exact) mass is 306 g/mol. The van der Waals surface area contributed by atoms with Crippen LogP contribution in [0, 0.1) is 5.92 Å². The van der Waals surface area contributed by atoms with Gasteiger partial charge in [0.2, 0.25) is 0 Å². The van der Waals surface area contributed by atoms with Crippen molar-refractivity contribution in [3.8, 4) is 0 Å². The second-order valence-corrected chi connectivity index (χ2v) is 6.57. The second-order valence-electron chi connectivity index (χ2n) is 5.66. The number of aromatic nitrogens is 2. The van der Waals surface area contributed by atoms with Crippen LogP contribution in [0.4, 0.5) is 0 Å². The van der Waals surface area contributed by atoms with Crippen LogP contribution < -0.4 is 10.9 Å². The highest BCUT2D eigenvalue weighted by Crippen LogP contribution is 2.16. The first kappa shape index (κ1) is 14.7. The number of nitrogens with one attached hydrogen (secondary N) is 2. The summed E-state index contributed by atoms with van der Waals surface area (Å²) in [4.78, 5) is 21.7. The third-order valence-electron chi connectivity index (χ3n) is 4.24. The molecule has 6 heteroatoms. The normalized spacial score (nSPS) is 17.6. The first-order valence-electron chi connectivity index (χ1n) is 7.65. The zero-order valence-corrected chi connectivity index (χ0v) is 13.2. The number of piperidine rings is 1. The smallest absolute Gasteiger partial charge is 0.268 e. The highest BCUT2D eigenvalue weighted by atomic mass is 32.1. The maximum Gasteiger partial charge on any atom is 0.268 e. The molecule has 0 spiro atoms. The highest BCUT2D eigenvalue weighted by molar-refractivity contribution is 7.17. The van der Waals surface area contributed by atoms with Crippen LogP contribution in [-0.2, 0) is 6.54 Å². The molecule has 1 saturated heterocycles. The molecule has 21 heavy (non-hydrogen) atoms. The summed E-state index contributed by atoms with van der Waals surface area (Å²) in [6.45, 7) is 7.43. The summed E-state index contributed by atoms with van der Waals surface area (Å²) in [5.41, 5.74) is 0.778. The van der Waals surface area contributed by atoms with Gasteiger partial charge in [0.05, 0.1) is 12.1 Å². The molecule has 0 atom stereocenters. The molecule has 0 saturated carbocycles. The number of aromatic amines is 1. The highest BCUT2D eigenvalue weighted by Gasteiger charge is 2.17. The molecule has 2 aromatic heterocycles. The molecule has 0 unspecified atom stereocenters. The van der Waals surface area contributed by atoms with E-state index in [0.717, 1.165) is 30.3 Å². The summed E-state index contributed by atoms with van der Waals surface area (Å²) in [6, 6.07) is 1.90. The van der Waals surface area contributed by atoms with Gasteiger partial charge in [-0.05, 0) is 56.4 Å². The molecule has 3 heterocycles. The third kappa shape index (κ3) is 3.51. The zero-order valence-electron chi connectivity index (χ0n) is 12.4. The lowest BCUT2D eigenvalue weighted by atomic mass is 9.97. The zero-order chi connectivity index (χ0) is 14.7. The Morgan fingerprint density at radius 2 is 2.29 bits per heavy atom. The van der Waals surface area contributed by atoms with Gasteiger partial charge in [-0.1, -0.05) is 6.92 Å². The molecule has 3 rings (SSSR count). The Morgan fingerprint density at radius 1 is 1.48 bits per heavy atom. The predicted octanol–water partition coefficient (Wildman–Crippen LogP) is 1.81. The average molecular weight is 306 g/mol. The Morgan fingerprint density at radius 3 is 3.05 bits per heavy atom. The molecule has 0 aromatic carbocycles. The summed E-state index contributed by atoms with van der Waals surface area (Å²) in [5.74, 6) is 1.47. The second kappa shape index (κ2) is 6.68. The van der Waals surface area contributed by atoms with E-state index in [0.29, 0.717) is 11.2 Å². The lowest BCUT2D eigenvalue weighted by Crippen LogP contribution is -2.37. The van der Waals surface area contributed by atoms with Crippen molar-refractivity contribution in [1.82, 2.24) is 20.2 Å². The van der Waals surface area contributed by atoms with Gasteiger partial charge in [-0.2, -0.15) is 0 Å². The molecule has 2 aromatic rings. The number of hydrogen-bond acceptors (Lipinski definition) is 5. The molecule has 0 amide bonds. The molecule has 5 nitrogen and oxygen atoms in total. The van der Waals surface area contributed by atoms with Gasteiger partial charge in [0.1, 0.15) is 10.5 Å². The fraction of sp³-hybridized carbons (Fsp3) is 0.600. The van der Waals surface area contributed by atoms with E-state index in [9.17, 15) is 4.79 Å². The number of nitrogens with zero attached hydrogens (tertiary/aromatic N) is 2. The van der Waals surface area contributed by atoms with Crippen molar-refractivity contribution >= 4 is 21.6 Å². The van der Waals surface area contributed by atoms with Crippen LogP contribution in [0.5, 0.6) is 0 Å². The van der Waals surface area contributed by atoms with Crippen LogP contribution in [0.15, 0.2) is 16.2 Å². The number of thiophene rings is 1. The van der Waals surface area contributed by atoms with Crippen molar-refractivity contribution in [2.24, 2.45) is 5.92 Å². The first-order chi connectivity index (χ1) is 10.3. The lowest BCUT2D eigenvalue weighted by molar-refractivity contribution is 0.190. The third-order valence-corrected chi connectivity index (χ3v) is 5.15. The van der Waals surface area contributed by atoms with Crippen LogP contribution in [-0.4, -0.2) is 41.0 Å². The lowest BCUT2D eigenvalue weighted by Gasteiger charge is -2.31. The van der Waals surface area contributed by atoms with Gasteiger partial charge >= 0.3 is 0 Å². The maximum atomic E-state index is 11.9. The van der Waals surface area contributed by atoms with Gasteiger partial charge in [0.25, 0.3) is 5.56 Å². The van der Waals surface area contributed by atoms with Crippen LogP contribution in [0.3, 0.4) is 0 Å². The van der Waals surface area contributed by atoms with Crippen molar-refractivity contribution in [3.05, 3.63) is 27.6 Å². The largest absolute Gasteiger partial charge is 0.310 e. The minimum absolute atomic E-state index is 0.0250. The molecule has 0 bridgehead atoms. The number of fused-ring (bicyclic) bond motifs is 1. The molecule has 114 valence electrons. The first-order valence-corrected chi connectivity index (χ1v) is 8.53. The Balaban J connectivity index is 1.51. The molecule has 1 fully saturated rings. The van der Waals surface area contributed by atoms with Gasteiger partial charge in [0.15, 0.2) is 0 Å². The fourth-order valence-electron chi connectivity index (χ4n) is 2.91. The van der Waals surface area contributed by atoms with Gasteiger partial charge in [-0.3, -0.25) is 4.79 Å². The van der Waals surface area contributed by atoms with E-state index in [-0.39, 0.29) is 5.56 Å². The molecular formula is C15H22N4OS. The molecule has 1 aliphatic heterocycles. The van der Waals surface area contributed by atoms with Gasteiger partial charge in [-0.25, -0.2) is 4.98 Å². The van der Waals surface area contributed by atoms with Crippen molar-refractivity contribution in [3.63, 3.8) is 0 Å². The standard InChI is InChI=1S/C15H22N4OS/c1-2-19-6-3-11(4-7-19)9-16-10-13-17-12-5-8-21-14(12)15(20)18-13/h5,8,11,16H,2-4,6-7,9-10H2,1H3,(H,17,18,20). The molecular weight excluding hydrogens is 284 g/mol. The minimum atomic E-state index is -0.0250. The number of H-pyrrole nitrogens is 1. The van der Waals surface area contributed by atoms with E-state index in [2.05, 4.69) is 27.1 Å². The van der Waals surface area contributed by atoms with E-state index >= 15 is 0 Å². The van der Waals surface area contributed by atoms with Gasteiger partial charge in [-0.15, -0.1) is 11.3 Å². The number of rotatable bonds is 5. The number of likely N-dealkylation sites (tertiary alicyclic amines) is 1. The van der Waals surface area contributed by atoms with Crippen molar-refractivity contribution in [1.29, 1.82) is 0 Å². The summed E-state index contributed by atoms with van der Waals surface area (Å²) < 4.78 is 0.714. The fourth-order valence-corrected chi connectivity index (χ4v) is 3.63. The van der Waals surface area contributed by atoms with Gasteiger partial charge < -0.3 is 15.2 Å². The van der Waals surface area contributed by atoms with Crippen molar-refractivity contribution in [2.75, 3.05) is 26.2 Å². The molecule has 0 radical (unpaired) electrons. The Hall–Kier alpha value is -1.24. The summed E-state index contributed by atoms with van der Waals surface area (Å²) in [5, 5.41) is 5.35. The summed E-state index contributed by atoms with van der Waals surface area (Å²) >= 11 is 1.44. The average Bonchev–Trinajstić information content (AvgIpc) is 2.97. The van der Waals surface area contributed by atoms with Crippen LogP contribution in [0.25, 0.3) is 10.2 Å². The van der Waals surface area contributed by atoms with Crippen LogP contribution in [0.2, 0.25) is 0 Å². The van der Waals surface area contributed by atoms with Crippen LogP contribution in [0.1, 0.15) is 25.6 Å². The molecule has 0 aliphatic carbocycles. The van der Waals surface area contributed by atoms with E-state index in [1.165, 1.54) is 37.3 Å². The molecule has 1 aliphatic rings. The van der Waals surface area contributed by atoms with E-state index in [1.807, 2.05) is 11.4 Å². The Labute approximate surface area is 128 Å². The van der Waals surface area contributed by atoms with Crippen molar-refractivity contribution in [2.45, 2.75) is 26.3 Å². The topological polar surface area (TPSA) is 61.0 Å². The molecule has 2 N–H and O–H groups in total.